The van der Waals surface area contributed by atoms with Crippen LogP contribution in [0.1, 0.15) is 310 Å². The van der Waals surface area contributed by atoms with Crippen LogP contribution in [0, 0.1) is 0 Å². The monoisotopic (exact) mass is 1030 g/mol. The van der Waals surface area contributed by atoms with E-state index in [1.165, 1.54) is 167 Å². The third kappa shape index (κ3) is 59.5. The predicted molar refractivity (Wildman–Crippen MR) is 321 cm³/mol. The molecule has 0 heterocycles. The van der Waals surface area contributed by atoms with Crippen LogP contribution in [0.25, 0.3) is 0 Å². The van der Waals surface area contributed by atoms with Gasteiger partial charge in [0, 0.05) is 19.3 Å². The van der Waals surface area contributed by atoms with E-state index in [4.69, 9.17) is 14.2 Å². The number of hydrogen-bond acceptors (Lipinski definition) is 6. The lowest BCUT2D eigenvalue weighted by Crippen LogP contribution is -2.30. The number of esters is 3. The summed E-state index contributed by atoms with van der Waals surface area (Å²) in [6, 6.07) is 0. The summed E-state index contributed by atoms with van der Waals surface area (Å²) in [4.78, 5) is 38.3. The van der Waals surface area contributed by atoms with Crippen LogP contribution in [0.4, 0.5) is 0 Å². The predicted octanol–water partition coefficient (Wildman–Crippen LogP) is 21.5. The lowest BCUT2D eigenvalue weighted by atomic mass is 10.1. The highest BCUT2D eigenvalue weighted by Gasteiger charge is 2.19. The van der Waals surface area contributed by atoms with Crippen LogP contribution in [-0.4, -0.2) is 37.2 Å². The lowest BCUT2D eigenvalue weighted by Gasteiger charge is -2.18. The molecule has 74 heavy (non-hydrogen) atoms. The van der Waals surface area contributed by atoms with Crippen LogP contribution in [0.15, 0.2) is 85.1 Å². The van der Waals surface area contributed by atoms with Crippen molar-refractivity contribution in [1.29, 1.82) is 0 Å². The van der Waals surface area contributed by atoms with Crippen molar-refractivity contribution in [3.8, 4) is 0 Å². The highest BCUT2D eigenvalue weighted by Crippen LogP contribution is 2.16. The Kier molecular flexibility index (Phi) is 59.3. The average Bonchev–Trinajstić information content (AvgIpc) is 3.40. The van der Waals surface area contributed by atoms with E-state index in [9.17, 15) is 14.4 Å². The van der Waals surface area contributed by atoms with Crippen molar-refractivity contribution in [2.75, 3.05) is 13.2 Å². The molecule has 6 nitrogen and oxygen atoms in total. The molecule has 0 aliphatic carbocycles. The fourth-order valence-corrected chi connectivity index (χ4v) is 8.87. The third-order valence-electron chi connectivity index (χ3n) is 13.6. The largest absolute Gasteiger partial charge is 0.462 e. The van der Waals surface area contributed by atoms with Crippen molar-refractivity contribution < 1.29 is 28.6 Å². The van der Waals surface area contributed by atoms with E-state index in [0.29, 0.717) is 19.3 Å². The Morgan fingerprint density at radius 3 is 0.851 bits per heavy atom. The Balaban J connectivity index is 4.45. The number of hydrogen-bond donors (Lipinski definition) is 0. The van der Waals surface area contributed by atoms with Gasteiger partial charge < -0.3 is 14.2 Å². The second kappa shape index (κ2) is 62.1. The molecule has 0 aliphatic rings. The standard InChI is InChI=1S/C68H118O6/c1-4-7-10-13-16-19-22-25-28-31-34-37-40-43-46-49-52-55-58-61-67(70)73-64-65(63-72-66(69)60-57-54-51-48-45-42-39-36-33-30-27-24-21-18-15-12-9-6-3)74-68(71)62-59-56-53-50-47-44-41-38-35-32-29-26-23-20-17-14-11-8-5-2/h7,10,16,19,25,28,32,34-37,39,43,46,65H,4-6,8-9,11-15,17-18,20-24,26-27,29-31,33,38,40-42,44-45,47-64H2,1-3H3/b10-7-,19-16-,28-25-,35-32-,37-34-,39-36-,46-43-. The third-order valence-corrected chi connectivity index (χ3v) is 13.6. The molecule has 0 aromatic heterocycles. The summed E-state index contributed by atoms with van der Waals surface area (Å²) >= 11 is 0. The second-order valence-electron chi connectivity index (χ2n) is 20.9. The second-order valence-corrected chi connectivity index (χ2v) is 20.9. The summed E-state index contributed by atoms with van der Waals surface area (Å²) in [5.41, 5.74) is 0. The summed E-state index contributed by atoms with van der Waals surface area (Å²) in [5.74, 6) is -0.926. The van der Waals surface area contributed by atoms with Gasteiger partial charge in [0.25, 0.3) is 0 Å². The molecule has 0 aromatic rings. The van der Waals surface area contributed by atoms with Crippen molar-refractivity contribution in [2.45, 2.75) is 316 Å². The topological polar surface area (TPSA) is 78.9 Å². The molecule has 426 valence electrons. The summed E-state index contributed by atoms with van der Waals surface area (Å²) in [5, 5.41) is 0. The molecule has 0 bridgehead atoms. The van der Waals surface area contributed by atoms with Gasteiger partial charge in [-0.3, -0.25) is 14.4 Å². The minimum absolute atomic E-state index is 0.0924. The Morgan fingerprint density at radius 2 is 0.527 bits per heavy atom. The fourth-order valence-electron chi connectivity index (χ4n) is 8.87. The van der Waals surface area contributed by atoms with E-state index < -0.39 is 6.10 Å². The number of rotatable bonds is 57. The Bertz CT molecular complexity index is 1420. The zero-order chi connectivity index (χ0) is 53.6. The zero-order valence-corrected chi connectivity index (χ0v) is 48.8. The Morgan fingerprint density at radius 1 is 0.284 bits per heavy atom. The molecule has 1 atom stereocenters. The smallest absolute Gasteiger partial charge is 0.306 e. The maximum Gasteiger partial charge on any atom is 0.306 e. The summed E-state index contributed by atoms with van der Waals surface area (Å²) in [6.07, 6.45) is 81.5. The molecule has 6 heteroatoms. The minimum atomic E-state index is -0.798. The van der Waals surface area contributed by atoms with Crippen molar-refractivity contribution in [1.82, 2.24) is 0 Å². The van der Waals surface area contributed by atoms with Gasteiger partial charge in [-0.05, 0) is 116 Å². The first-order chi connectivity index (χ1) is 36.5. The van der Waals surface area contributed by atoms with Gasteiger partial charge in [0.2, 0.25) is 0 Å². The van der Waals surface area contributed by atoms with Crippen LogP contribution in [0.3, 0.4) is 0 Å². The molecule has 0 rings (SSSR count). The molecule has 0 N–H and O–H groups in total. The van der Waals surface area contributed by atoms with Crippen LogP contribution in [0.2, 0.25) is 0 Å². The van der Waals surface area contributed by atoms with E-state index in [1.807, 2.05) is 0 Å². The molecule has 0 amide bonds. The van der Waals surface area contributed by atoms with Gasteiger partial charge in [-0.2, -0.15) is 0 Å². The highest BCUT2D eigenvalue weighted by atomic mass is 16.6. The SMILES string of the molecule is CC/C=C\C/C=C\C/C=C\C/C=C\C/C=C\CCCCCC(=O)OCC(COC(=O)CCCCCCC/C=C\CCCCCCCCCCC)OC(=O)CCCCCCCCC/C=C\CCCCCCCCCC. The van der Waals surface area contributed by atoms with Gasteiger partial charge in [0.1, 0.15) is 13.2 Å². The molecule has 0 radical (unpaired) electrons. The fraction of sp³-hybridized carbons (Fsp3) is 0.750. The van der Waals surface area contributed by atoms with E-state index >= 15 is 0 Å². The van der Waals surface area contributed by atoms with E-state index in [2.05, 4.69) is 106 Å². The van der Waals surface area contributed by atoms with Crippen molar-refractivity contribution in [3.63, 3.8) is 0 Å². The van der Waals surface area contributed by atoms with Crippen LogP contribution in [-0.2, 0) is 28.6 Å². The normalized spacial score (nSPS) is 12.6. The Labute approximate surface area is 458 Å². The van der Waals surface area contributed by atoms with Crippen molar-refractivity contribution in [3.05, 3.63) is 85.1 Å². The van der Waals surface area contributed by atoms with E-state index in [0.717, 1.165) is 103 Å². The quantitative estimate of drug-likeness (QED) is 0.0261. The molecular weight excluding hydrogens is 913 g/mol. The first-order valence-electron chi connectivity index (χ1n) is 31.6. The highest BCUT2D eigenvalue weighted by molar-refractivity contribution is 5.71. The first kappa shape index (κ1) is 70.6. The van der Waals surface area contributed by atoms with Gasteiger partial charge in [0.05, 0.1) is 0 Å². The van der Waals surface area contributed by atoms with Gasteiger partial charge in [-0.25, -0.2) is 0 Å². The minimum Gasteiger partial charge on any atom is -0.462 e. The van der Waals surface area contributed by atoms with Crippen LogP contribution >= 0.6 is 0 Å². The maximum atomic E-state index is 12.9. The molecular formula is C68H118O6. The van der Waals surface area contributed by atoms with Crippen molar-refractivity contribution in [2.24, 2.45) is 0 Å². The van der Waals surface area contributed by atoms with Crippen molar-refractivity contribution >= 4 is 17.9 Å². The molecule has 1 unspecified atom stereocenters. The molecule has 0 fully saturated rings. The molecule has 0 aromatic carbocycles. The van der Waals surface area contributed by atoms with Gasteiger partial charge in [-0.1, -0.05) is 260 Å². The number of allylic oxidation sites excluding steroid dienone is 14. The van der Waals surface area contributed by atoms with Gasteiger partial charge >= 0.3 is 17.9 Å². The average molecular weight is 1030 g/mol. The molecule has 0 saturated carbocycles. The number of carbonyl (C=O) groups is 3. The number of unbranched alkanes of at least 4 members (excludes halogenated alkanes) is 32. The molecule has 0 saturated heterocycles. The molecule has 0 aliphatic heterocycles. The summed E-state index contributed by atoms with van der Waals surface area (Å²) < 4.78 is 16.9. The van der Waals surface area contributed by atoms with E-state index in [1.54, 1.807) is 0 Å². The van der Waals surface area contributed by atoms with Gasteiger partial charge in [-0.15, -0.1) is 0 Å². The zero-order valence-electron chi connectivity index (χ0n) is 48.8. The number of ether oxygens (including phenoxy) is 3. The van der Waals surface area contributed by atoms with E-state index in [-0.39, 0.29) is 31.1 Å². The molecule has 0 spiro atoms. The number of carbonyl (C=O) groups excluding carboxylic acids is 3. The maximum absolute atomic E-state index is 12.9. The summed E-state index contributed by atoms with van der Waals surface area (Å²) in [7, 11) is 0. The Hall–Kier alpha value is -3.41. The lowest BCUT2D eigenvalue weighted by molar-refractivity contribution is -0.167. The van der Waals surface area contributed by atoms with Crippen LogP contribution in [0.5, 0.6) is 0 Å². The van der Waals surface area contributed by atoms with Crippen LogP contribution < -0.4 is 0 Å². The summed E-state index contributed by atoms with van der Waals surface area (Å²) in [6.45, 7) is 6.52. The first-order valence-corrected chi connectivity index (χ1v) is 31.6. The van der Waals surface area contributed by atoms with Gasteiger partial charge in [0.15, 0.2) is 6.10 Å².